The maximum Gasteiger partial charge on any atom is 0.320 e. The van der Waals surface area contributed by atoms with Crippen LogP contribution in [-0.4, -0.2) is 29.9 Å². The van der Waals surface area contributed by atoms with Crippen molar-refractivity contribution in [3.63, 3.8) is 0 Å². The number of nitrogens with one attached hydrogen (secondary N) is 1. The third-order valence-electron chi connectivity index (χ3n) is 0.729. The number of aliphatic carboxylic acids is 1. The van der Waals surface area contributed by atoms with Crippen molar-refractivity contribution in [2.75, 3.05) is 6.50 Å². The fraction of sp³-hybridized carbons (Fsp3) is 0.833. The Bertz CT molecular complexity index is 359. The normalized spacial score (nSPS) is 28.2. The van der Waals surface area contributed by atoms with Gasteiger partial charge in [0.05, 0.1) is 1.37 Å². The Kier molecular flexibility index (Phi) is 1.97. The lowest BCUT2D eigenvalue weighted by molar-refractivity contribution is -0.138. The van der Waals surface area contributed by atoms with Gasteiger partial charge in [0.25, 0.3) is 0 Å². The molecule has 8 N–H and O–H groups in total. The molecule has 0 aliphatic carbocycles. The first kappa shape index (κ1) is 4.01. The monoisotopic (exact) mass is 184 g/mol. The molecule has 0 amide bonds. The maximum atomic E-state index is 10.8. The van der Waals surface area contributed by atoms with E-state index in [1.807, 2.05) is 0 Å². The Labute approximate surface area is 80.9 Å². The second-order valence-electron chi connectivity index (χ2n) is 1.76. The van der Waals surface area contributed by atoms with E-state index in [0.717, 1.165) is 0 Å². The van der Waals surface area contributed by atoms with Crippen molar-refractivity contribution in [1.82, 2.24) is 5.32 Å². The van der Waals surface area contributed by atoms with E-state index in [1.165, 1.54) is 0 Å². The van der Waals surface area contributed by atoms with Gasteiger partial charge in [-0.05, 0) is 19.2 Å². The molecule has 72 valence electrons. The standard InChI is InChI=1S/C6H16N4O2/c7-4(5(11)12)2-1-3-10-6(8)9/h4,6,10H,1-3,7-9H2,(H,11,12)/i1+1D2,2D2,3D2,4D. The highest BCUT2D eigenvalue weighted by Crippen LogP contribution is 1.92. The Morgan fingerprint density at radius 1 is 1.67 bits per heavy atom. The highest BCUT2D eigenvalue weighted by Gasteiger charge is 2.09. The Balaban J connectivity index is 5.69. The molecular formula is C6H16N4O2. The first-order chi connectivity index (χ1) is 8.11. The molecule has 0 heterocycles. The van der Waals surface area contributed by atoms with Crippen LogP contribution in [-0.2, 0) is 4.79 Å². The van der Waals surface area contributed by atoms with Crippen LogP contribution in [0.2, 0.25) is 0 Å². The van der Waals surface area contributed by atoms with Gasteiger partial charge in [-0.1, -0.05) is 0 Å². The first-order valence-electron chi connectivity index (χ1n) is 6.42. The number of carboxylic acid groups (broad SMARTS) is 1. The van der Waals surface area contributed by atoms with Crippen LogP contribution in [0.1, 0.15) is 22.3 Å². The van der Waals surface area contributed by atoms with Gasteiger partial charge in [-0.15, -0.1) is 0 Å². The van der Waals surface area contributed by atoms with Crippen molar-refractivity contribution in [3.8, 4) is 0 Å². The molecule has 0 spiro atoms. The number of nitrogens with two attached hydrogens (primary N) is 3. The molecule has 6 nitrogen and oxygen atoms in total. The number of rotatable bonds is 6. The van der Waals surface area contributed by atoms with Gasteiger partial charge in [-0.25, -0.2) is 0 Å². The quantitative estimate of drug-likeness (QED) is 0.239. The molecule has 1 atom stereocenters. The van der Waals surface area contributed by atoms with Crippen molar-refractivity contribution in [2.45, 2.75) is 25.1 Å². The number of carboxylic acids is 1. The SMILES string of the molecule is [2H]C(N)(C(=O)O)C([2H])([2H])[13C]([2H])([2H])C([2H])([2H])NC(N)N. The lowest BCUT2D eigenvalue weighted by Crippen LogP contribution is -2.45. The summed E-state index contributed by atoms with van der Waals surface area (Å²) >= 11 is 0. The van der Waals surface area contributed by atoms with E-state index in [-0.39, 0.29) is 0 Å². The lowest BCUT2D eigenvalue weighted by Gasteiger charge is -2.09. The molecule has 12 heavy (non-hydrogen) atoms. The van der Waals surface area contributed by atoms with Crippen LogP contribution in [0.5, 0.6) is 0 Å². The van der Waals surface area contributed by atoms with E-state index < -0.39 is 37.5 Å². The largest absolute Gasteiger partial charge is 0.480 e. The van der Waals surface area contributed by atoms with Crippen LogP contribution < -0.4 is 22.5 Å². The molecule has 0 bridgehead atoms. The summed E-state index contributed by atoms with van der Waals surface area (Å²) in [6, 6.07) is -3.41. The minimum Gasteiger partial charge on any atom is -0.480 e. The minimum absolute atomic E-state index is 1.52. The number of carbonyl (C=O) groups is 1. The Hall–Kier alpha value is -0.690. The van der Waals surface area contributed by atoms with E-state index in [4.69, 9.17) is 31.9 Å². The summed E-state index contributed by atoms with van der Waals surface area (Å²) in [5.74, 6) is -2.14. The van der Waals surface area contributed by atoms with Gasteiger partial charge in [0, 0.05) is 8.22 Å². The molecule has 0 aliphatic rings. The highest BCUT2D eigenvalue weighted by atomic mass is 16.4. The fourth-order valence-electron chi connectivity index (χ4n) is 0.271. The van der Waals surface area contributed by atoms with Crippen molar-refractivity contribution in [1.29, 1.82) is 0 Å². The van der Waals surface area contributed by atoms with E-state index in [1.54, 1.807) is 5.32 Å². The Morgan fingerprint density at radius 3 is 2.67 bits per heavy atom. The first-order valence-corrected chi connectivity index (χ1v) is 2.92. The van der Waals surface area contributed by atoms with Crippen LogP contribution >= 0.6 is 0 Å². The van der Waals surface area contributed by atoms with Gasteiger partial charge in [0.15, 0.2) is 0 Å². The zero-order chi connectivity index (χ0) is 15.9. The maximum absolute atomic E-state index is 10.8. The predicted molar refractivity (Wildman–Crippen MR) is 45.0 cm³/mol. The summed E-state index contributed by atoms with van der Waals surface area (Å²) in [5.41, 5.74) is 15.0. The van der Waals surface area contributed by atoms with Crippen LogP contribution in [0, 0.1) is 0 Å². The Morgan fingerprint density at radius 2 is 2.25 bits per heavy atom. The summed E-state index contributed by atoms with van der Waals surface area (Å²) in [7, 11) is 0. The molecule has 0 rings (SSSR count). The van der Waals surface area contributed by atoms with Gasteiger partial charge in [-0.3, -0.25) is 10.1 Å². The molecule has 0 fully saturated rings. The summed E-state index contributed by atoms with van der Waals surface area (Å²) in [4.78, 5) is 10.8. The van der Waals surface area contributed by atoms with E-state index in [0.29, 0.717) is 0 Å². The number of hydrogen-bond donors (Lipinski definition) is 5. The van der Waals surface area contributed by atoms with E-state index >= 15 is 0 Å². The van der Waals surface area contributed by atoms with Gasteiger partial charge in [0.2, 0.25) is 0 Å². The zero-order valence-corrected chi connectivity index (χ0v) is 6.16. The molecule has 1 unspecified atom stereocenters. The third-order valence-corrected chi connectivity index (χ3v) is 0.729. The molecule has 0 radical (unpaired) electrons. The van der Waals surface area contributed by atoms with Crippen molar-refractivity contribution in [3.05, 3.63) is 0 Å². The summed E-state index contributed by atoms with van der Waals surface area (Å²) < 4.78 is 51.7. The highest BCUT2D eigenvalue weighted by molar-refractivity contribution is 5.72. The average molecular weight is 184 g/mol. The predicted octanol–water partition coefficient (Wildman–Crippen LogP) is -2.03. The van der Waals surface area contributed by atoms with Crippen LogP contribution in [0.15, 0.2) is 0 Å². The third kappa shape index (κ3) is 6.05. The lowest BCUT2D eigenvalue weighted by atomic mass is 10.3. The molecule has 0 saturated heterocycles. The van der Waals surface area contributed by atoms with Gasteiger partial charge in [-0.2, -0.15) is 0 Å². The van der Waals surface area contributed by atoms with Crippen molar-refractivity contribution in [2.24, 2.45) is 17.2 Å². The van der Waals surface area contributed by atoms with E-state index in [9.17, 15) is 4.79 Å². The minimum atomic E-state index is -3.59. The van der Waals surface area contributed by atoms with Crippen LogP contribution in [0.25, 0.3) is 0 Å². The molecule has 0 aromatic carbocycles. The zero-order valence-electron chi connectivity index (χ0n) is 13.2. The fourth-order valence-corrected chi connectivity index (χ4v) is 0.271. The van der Waals surface area contributed by atoms with Crippen molar-refractivity contribution < 1.29 is 19.5 Å². The molecular weight excluding hydrogens is 161 g/mol. The number of hydrogen-bond acceptors (Lipinski definition) is 5. The molecule has 0 aromatic heterocycles. The van der Waals surface area contributed by atoms with Crippen LogP contribution in [0.4, 0.5) is 0 Å². The average Bonchev–Trinajstić information content (AvgIpc) is 2.14. The molecule has 6 heteroatoms. The van der Waals surface area contributed by atoms with Gasteiger partial charge >= 0.3 is 5.97 Å². The molecule has 0 aliphatic heterocycles. The molecule has 0 aromatic rings. The summed E-state index contributed by atoms with van der Waals surface area (Å²) in [6.07, 6.45) is -8.62. The summed E-state index contributed by atoms with van der Waals surface area (Å²) in [6.45, 7) is -3.16. The van der Waals surface area contributed by atoms with Crippen LogP contribution in [0.3, 0.4) is 0 Å². The van der Waals surface area contributed by atoms with Crippen molar-refractivity contribution >= 4 is 5.97 Å². The smallest absolute Gasteiger partial charge is 0.320 e. The summed E-state index contributed by atoms with van der Waals surface area (Å²) in [5, 5.41) is 10.4. The van der Waals surface area contributed by atoms with Gasteiger partial charge in [0.1, 0.15) is 12.3 Å². The topological polar surface area (TPSA) is 127 Å². The van der Waals surface area contributed by atoms with E-state index in [2.05, 4.69) is 0 Å². The molecule has 0 saturated carbocycles. The second-order valence-corrected chi connectivity index (χ2v) is 1.76. The second kappa shape index (κ2) is 5.90. The van der Waals surface area contributed by atoms with Gasteiger partial charge < -0.3 is 22.3 Å².